The monoisotopic (exact) mass is 429 g/mol. The van der Waals surface area contributed by atoms with Crippen molar-refractivity contribution in [3.63, 3.8) is 0 Å². The molecule has 0 saturated carbocycles. The standard InChI is InChI=1S/C21H27N5OS2/c1-12-7-8-15-16(10-12)29-20-18(15)19-23-24-21(26(19)14(3)22-20)28-11-17(27)25-9-5-4-6-13(25)2/h12-13H,4-11H2,1-3H3/t12-,13-/m1/s1. The Labute approximate surface area is 179 Å². The van der Waals surface area contributed by atoms with Gasteiger partial charge in [0.15, 0.2) is 10.8 Å². The van der Waals surface area contributed by atoms with Gasteiger partial charge in [0.25, 0.3) is 0 Å². The number of fused-ring (bicyclic) bond motifs is 5. The number of thiophene rings is 1. The molecular formula is C21H27N5OS2. The average molecular weight is 430 g/mol. The Morgan fingerprint density at radius 1 is 1.24 bits per heavy atom. The largest absolute Gasteiger partial charge is 0.339 e. The molecule has 0 radical (unpaired) electrons. The van der Waals surface area contributed by atoms with E-state index in [9.17, 15) is 4.79 Å². The number of likely N-dealkylation sites (tertiary alicyclic amines) is 1. The zero-order valence-electron chi connectivity index (χ0n) is 17.3. The smallest absolute Gasteiger partial charge is 0.233 e. The molecule has 0 aromatic carbocycles. The maximum absolute atomic E-state index is 12.8. The minimum atomic E-state index is 0.201. The van der Waals surface area contributed by atoms with Gasteiger partial charge < -0.3 is 4.90 Å². The van der Waals surface area contributed by atoms with Gasteiger partial charge in [0, 0.05) is 17.5 Å². The number of amides is 1. The Morgan fingerprint density at radius 3 is 2.93 bits per heavy atom. The van der Waals surface area contributed by atoms with Crippen molar-refractivity contribution in [2.24, 2.45) is 5.92 Å². The van der Waals surface area contributed by atoms with E-state index in [0.717, 1.165) is 59.6 Å². The van der Waals surface area contributed by atoms with Crippen molar-refractivity contribution in [2.45, 2.75) is 70.5 Å². The van der Waals surface area contributed by atoms with Crippen molar-refractivity contribution in [1.82, 2.24) is 24.5 Å². The second-order valence-electron chi connectivity index (χ2n) is 8.55. The molecule has 1 amide bonds. The highest BCUT2D eigenvalue weighted by molar-refractivity contribution is 7.99. The first-order valence-corrected chi connectivity index (χ1v) is 12.4. The highest BCUT2D eigenvalue weighted by Gasteiger charge is 2.26. The third kappa shape index (κ3) is 3.34. The van der Waals surface area contributed by atoms with Crippen molar-refractivity contribution in [3.8, 4) is 0 Å². The number of thioether (sulfide) groups is 1. The number of aromatic nitrogens is 4. The van der Waals surface area contributed by atoms with E-state index in [4.69, 9.17) is 4.98 Å². The summed E-state index contributed by atoms with van der Waals surface area (Å²) in [5, 5.41) is 11.0. The van der Waals surface area contributed by atoms with Crippen LogP contribution in [0.3, 0.4) is 0 Å². The quantitative estimate of drug-likeness (QED) is 0.582. The SMILES string of the molecule is Cc1nc2sc3c(c2c2nnc(SCC(=O)N4CCCC[C@H]4C)n12)CC[C@@H](C)C3. The molecule has 1 saturated heterocycles. The van der Waals surface area contributed by atoms with E-state index < -0.39 is 0 Å². The first-order valence-electron chi connectivity index (χ1n) is 10.6. The first-order chi connectivity index (χ1) is 14.0. The fourth-order valence-electron chi connectivity index (χ4n) is 4.74. The van der Waals surface area contributed by atoms with Gasteiger partial charge in [0.05, 0.1) is 11.1 Å². The molecule has 8 heteroatoms. The molecule has 3 aromatic heterocycles. The van der Waals surface area contributed by atoms with Crippen LogP contribution in [0, 0.1) is 12.8 Å². The predicted octanol–water partition coefficient (Wildman–Crippen LogP) is 4.27. The van der Waals surface area contributed by atoms with Crippen molar-refractivity contribution in [3.05, 3.63) is 16.3 Å². The van der Waals surface area contributed by atoms with Gasteiger partial charge in [-0.25, -0.2) is 4.98 Å². The molecule has 2 aliphatic rings. The zero-order chi connectivity index (χ0) is 20.1. The molecule has 29 heavy (non-hydrogen) atoms. The van der Waals surface area contributed by atoms with Crippen LogP contribution >= 0.6 is 23.1 Å². The molecule has 5 rings (SSSR count). The van der Waals surface area contributed by atoms with Gasteiger partial charge in [-0.15, -0.1) is 21.5 Å². The molecule has 2 atom stereocenters. The summed E-state index contributed by atoms with van der Waals surface area (Å²) in [6.07, 6.45) is 6.89. The zero-order valence-corrected chi connectivity index (χ0v) is 18.9. The Bertz CT molecular complexity index is 1090. The van der Waals surface area contributed by atoms with Crippen LogP contribution in [-0.2, 0) is 17.6 Å². The number of carbonyl (C=O) groups excluding carboxylic acids is 1. The molecule has 1 fully saturated rings. The van der Waals surface area contributed by atoms with Gasteiger partial charge in [-0.05, 0) is 63.9 Å². The fourth-order valence-corrected chi connectivity index (χ4v) is 7.03. The summed E-state index contributed by atoms with van der Waals surface area (Å²) in [5.41, 5.74) is 2.32. The number of hydrogen-bond donors (Lipinski definition) is 0. The molecule has 0 bridgehead atoms. The van der Waals surface area contributed by atoms with Gasteiger partial charge in [-0.3, -0.25) is 9.20 Å². The third-order valence-electron chi connectivity index (χ3n) is 6.39. The lowest BCUT2D eigenvalue weighted by Gasteiger charge is -2.33. The van der Waals surface area contributed by atoms with Gasteiger partial charge >= 0.3 is 0 Å². The molecule has 3 aromatic rings. The molecule has 4 heterocycles. The summed E-state index contributed by atoms with van der Waals surface area (Å²) in [6.45, 7) is 7.37. The Hall–Kier alpha value is -1.67. The lowest BCUT2D eigenvalue weighted by molar-refractivity contribution is -0.131. The molecule has 1 aliphatic carbocycles. The van der Waals surface area contributed by atoms with E-state index >= 15 is 0 Å². The first kappa shape index (κ1) is 19.3. The van der Waals surface area contributed by atoms with Gasteiger partial charge in [0.1, 0.15) is 10.7 Å². The van der Waals surface area contributed by atoms with Gasteiger partial charge in [-0.1, -0.05) is 18.7 Å². The van der Waals surface area contributed by atoms with E-state index in [1.165, 1.54) is 40.4 Å². The van der Waals surface area contributed by atoms with E-state index in [1.54, 1.807) is 0 Å². The minimum absolute atomic E-state index is 0.201. The van der Waals surface area contributed by atoms with E-state index in [-0.39, 0.29) is 5.91 Å². The van der Waals surface area contributed by atoms with Crippen molar-refractivity contribution in [1.29, 1.82) is 0 Å². The Balaban J connectivity index is 1.46. The summed E-state index contributed by atoms with van der Waals surface area (Å²) in [7, 11) is 0. The summed E-state index contributed by atoms with van der Waals surface area (Å²) < 4.78 is 2.05. The van der Waals surface area contributed by atoms with E-state index in [0.29, 0.717) is 11.8 Å². The molecule has 6 nitrogen and oxygen atoms in total. The Kier molecular flexibility index (Phi) is 5.02. The molecular weight excluding hydrogens is 402 g/mol. The van der Waals surface area contributed by atoms with Gasteiger partial charge in [0.2, 0.25) is 5.91 Å². The number of nitrogens with zero attached hydrogens (tertiary/aromatic N) is 5. The molecule has 154 valence electrons. The maximum Gasteiger partial charge on any atom is 0.233 e. The van der Waals surface area contributed by atoms with Crippen molar-refractivity contribution >= 4 is 44.9 Å². The summed E-state index contributed by atoms with van der Waals surface area (Å²) in [6, 6.07) is 0.342. The van der Waals surface area contributed by atoms with Crippen LogP contribution in [-0.4, -0.2) is 48.7 Å². The molecule has 0 spiro atoms. The second-order valence-corrected chi connectivity index (χ2v) is 10.6. The van der Waals surface area contributed by atoms with E-state index in [2.05, 4.69) is 24.0 Å². The van der Waals surface area contributed by atoms with E-state index in [1.807, 2.05) is 27.6 Å². The Morgan fingerprint density at radius 2 is 2.10 bits per heavy atom. The summed E-state index contributed by atoms with van der Waals surface area (Å²) >= 11 is 3.30. The number of aryl methyl sites for hydroxylation is 2. The molecule has 0 unspecified atom stereocenters. The average Bonchev–Trinajstić information content (AvgIpc) is 3.27. The number of carbonyl (C=O) groups is 1. The fraction of sp³-hybridized carbons (Fsp3) is 0.619. The lowest BCUT2D eigenvalue weighted by Crippen LogP contribution is -2.42. The number of piperidine rings is 1. The van der Waals surface area contributed by atoms with Crippen LogP contribution in [0.4, 0.5) is 0 Å². The number of rotatable bonds is 3. The van der Waals surface area contributed by atoms with Crippen LogP contribution in [0.1, 0.15) is 55.8 Å². The highest BCUT2D eigenvalue weighted by atomic mass is 32.2. The second kappa shape index (κ2) is 7.54. The highest BCUT2D eigenvalue weighted by Crippen LogP contribution is 2.39. The summed E-state index contributed by atoms with van der Waals surface area (Å²) in [4.78, 5) is 22.2. The molecule has 0 N–H and O–H groups in total. The van der Waals surface area contributed by atoms with Crippen molar-refractivity contribution in [2.75, 3.05) is 12.3 Å². The summed E-state index contributed by atoms with van der Waals surface area (Å²) in [5.74, 6) is 2.24. The van der Waals surface area contributed by atoms with Crippen LogP contribution in [0.2, 0.25) is 0 Å². The minimum Gasteiger partial charge on any atom is -0.339 e. The van der Waals surface area contributed by atoms with Gasteiger partial charge in [-0.2, -0.15) is 0 Å². The topological polar surface area (TPSA) is 63.4 Å². The van der Waals surface area contributed by atoms with Crippen LogP contribution in [0.25, 0.3) is 15.9 Å². The van der Waals surface area contributed by atoms with Crippen LogP contribution < -0.4 is 0 Å². The lowest BCUT2D eigenvalue weighted by atomic mass is 9.89. The van der Waals surface area contributed by atoms with Crippen LogP contribution in [0.15, 0.2) is 5.16 Å². The molecule has 1 aliphatic heterocycles. The predicted molar refractivity (Wildman–Crippen MR) is 118 cm³/mol. The maximum atomic E-state index is 12.8. The number of hydrogen-bond acceptors (Lipinski definition) is 6. The normalized spacial score (nSPS) is 22.4. The van der Waals surface area contributed by atoms with Crippen LogP contribution in [0.5, 0.6) is 0 Å². The van der Waals surface area contributed by atoms with Crippen molar-refractivity contribution < 1.29 is 4.79 Å². The third-order valence-corrected chi connectivity index (χ3v) is 8.45.